The summed E-state index contributed by atoms with van der Waals surface area (Å²) in [5.41, 5.74) is -0.125. The molecule has 0 aliphatic rings. The van der Waals surface area contributed by atoms with Gasteiger partial charge >= 0.3 is 6.09 Å². The normalized spacial score (nSPS) is 12.8. The number of benzene rings is 1. The fraction of sp³-hybridized carbons (Fsp3) is 0.500. The smallest absolute Gasteiger partial charge is 0.408 e. The lowest BCUT2D eigenvalue weighted by Crippen LogP contribution is -2.53. The third kappa shape index (κ3) is 4.42. The van der Waals surface area contributed by atoms with Gasteiger partial charge in [0.1, 0.15) is 0 Å². The summed E-state index contributed by atoms with van der Waals surface area (Å²) in [4.78, 5) is 22.8. The van der Waals surface area contributed by atoms with E-state index in [2.05, 4.69) is 0 Å². The first-order valence-electron chi connectivity index (χ1n) is 6.53. The molecule has 0 spiro atoms. The second-order valence-corrected chi connectivity index (χ2v) is 5.79. The minimum Gasteiger partial charge on any atom is -0.465 e. The molecule has 0 aliphatic carbocycles. The molecule has 1 aromatic carbocycles. The molecule has 0 bridgehead atoms. The zero-order valence-corrected chi connectivity index (χ0v) is 12.3. The Balaban J connectivity index is 3.03. The summed E-state index contributed by atoms with van der Waals surface area (Å²) in [5, 5.41) is 29.6. The van der Waals surface area contributed by atoms with Crippen molar-refractivity contribution in [2.45, 2.75) is 38.8 Å². The number of hydrogen-bond donors (Lipinski definition) is 2. The highest BCUT2D eigenvalue weighted by atomic mass is 16.6. The number of carbonyl (C=O) groups is 1. The number of aliphatic hydroxyl groups is 1. The van der Waals surface area contributed by atoms with Gasteiger partial charge in [-0.2, -0.15) is 0 Å². The van der Waals surface area contributed by atoms with Crippen molar-refractivity contribution >= 4 is 11.8 Å². The van der Waals surface area contributed by atoms with Crippen molar-refractivity contribution in [1.82, 2.24) is 4.90 Å². The van der Waals surface area contributed by atoms with Crippen LogP contribution < -0.4 is 0 Å². The molecule has 0 saturated heterocycles. The molecule has 0 aliphatic heterocycles. The van der Waals surface area contributed by atoms with E-state index in [-0.39, 0.29) is 18.7 Å². The van der Waals surface area contributed by atoms with Gasteiger partial charge in [0.25, 0.3) is 5.69 Å². The molecule has 116 valence electrons. The zero-order chi connectivity index (χ0) is 16.2. The monoisotopic (exact) mass is 296 g/mol. The summed E-state index contributed by atoms with van der Waals surface area (Å²) in [6, 6.07) is 5.33. The second-order valence-electron chi connectivity index (χ2n) is 5.79. The van der Waals surface area contributed by atoms with E-state index in [9.17, 15) is 25.1 Å². The van der Waals surface area contributed by atoms with Crippen molar-refractivity contribution in [3.63, 3.8) is 0 Å². The van der Waals surface area contributed by atoms with Crippen molar-refractivity contribution < 1.29 is 19.9 Å². The van der Waals surface area contributed by atoms with Crippen LogP contribution >= 0.6 is 0 Å². The first kappa shape index (κ1) is 16.9. The molecule has 0 heterocycles. The Bertz CT molecular complexity index is 524. The second kappa shape index (κ2) is 6.53. The number of rotatable bonds is 5. The van der Waals surface area contributed by atoms with Gasteiger partial charge in [0.05, 0.1) is 17.6 Å². The van der Waals surface area contributed by atoms with Crippen LogP contribution in [0.5, 0.6) is 0 Å². The minimum absolute atomic E-state index is 0.0539. The van der Waals surface area contributed by atoms with E-state index < -0.39 is 22.6 Å². The number of hydrogen-bond acceptors (Lipinski definition) is 4. The number of nitro benzene ring substituents is 1. The molecule has 1 amide bonds. The van der Waals surface area contributed by atoms with Gasteiger partial charge in [-0.3, -0.25) is 15.0 Å². The van der Waals surface area contributed by atoms with Crippen molar-refractivity contribution in [3.05, 3.63) is 39.9 Å². The van der Waals surface area contributed by atoms with Crippen molar-refractivity contribution in [2.24, 2.45) is 0 Å². The van der Waals surface area contributed by atoms with Crippen LogP contribution in [0.4, 0.5) is 10.5 Å². The average molecular weight is 296 g/mol. The van der Waals surface area contributed by atoms with Crippen molar-refractivity contribution in [2.75, 3.05) is 6.61 Å². The van der Waals surface area contributed by atoms with E-state index in [0.29, 0.717) is 5.56 Å². The summed E-state index contributed by atoms with van der Waals surface area (Å²) in [5.74, 6) is 0. The lowest BCUT2D eigenvalue weighted by atomic mass is 9.99. The molecule has 21 heavy (non-hydrogen) atoms. The molecule has 1 unspecified atom stereocenters. The summed E-state index contributed by atoms with van der Waals surface area (Å²) in [6.45, 7) is 4.85. The number of carboxylic acid groups (broad SMARTS) is 1. The SMILES string of the molecule is CC(C)(C)N(C(=O)O)C(CO)Cc1cccc([N+](=O)[O-])c1. The Kier molecular flexibility index (Phi) is 5.26. The Labute approximate surface area is 123 Å². The van der Waals surface area contributed by atoms with Gasteiger partial charge in [0, 0.05) is 17.7 Å². The largest absolute Gasteiger partial charge is 0.465 e. The lowest BCUT2D eigenvalue weighted by molar-refractivity contribution is -0.384. The molecule has 7 nitrogen and oxygen atoms in total. The lowest BCUT2D eigenvalue weighted by Gasteiger charge is -2.39. The summed E-state index contributed by atoms with van der Waals surface area (Å²) in [6.07, 6.45) is -0.922. The van der Waals surface area contributed by atoms with E-state index >= 15 is 0 Å². The first-order chi connectivity index (χ1) is 9.66. The standard InChI is InChI=1S/C14H20N2O5/c1-14(2,3)15(13(18)19)12(9-17)8-10-5-4-6-11(7-10)16(20)21/h4-7,12,17H,8-9H2,1-3H3,(H,18,19). The van der Waals surface area contributed by atoms with Crippen LogP contribution in [0.1, 0.15) is 26.3 Å². The molecule has 0 aromatic heterocycles. The third-order valence-electron chi connectivity index (χ3n) is 3.10. The van der Waals surface area contributed by atoms with Gasteiger partial charge in [-0.25, -0.2) is 4.79 Å². The molecule has 2 N–H and O–H groups in total. The highest BCUT2D eigenvalue weighted by molar-refractivity contribution is 5.66. The average Bonchev–Trinajstić information content (AvgIpc) is 2.36. The van der Waals surface area contributed by atoms with E-state index in [1.165, 1.54) is 17.0 Å². The van der Waals surface area contributed by atoms with E-state index in [0.717, 1.165) is 0 Å². The van der Waals surface area contributed by atoms with Crippen LogP contribution in [0.2, 0.25) is 0 Å². The van der Waals surface area contributed by atoms with E-state index in [1.807, 2.05) is 0 Å². The van der Waals surface area contributed by atoms with Crippen LogP contribution in [0, 0.1) is 10.1 Å². The van der Waals surface area contributed by atoms with Gasteiger partial charge < -0.3 is 10.2 Å². The Hall–Kier alpha value is -2.15. The number of nitrogens with zero attached hydrogens (tertiary/aromatic N) is 2. The topological polar surface area (TPSA) is 104 Å². The highest BCUT2D eigenvalue weighted by Gasteiger charge is 2.33. The maximum Gasteiger partial charge on any atom is 0.408 e. The number of aliphatic hydroxyl groups excluding tert-OH is 1. The van der Waals surface area contributed by atoms with Crippen LogP contribution in [0.25, 0.3) is 0 Å². The number of non-ortho nitro benzene ring substituents is 1. The van der Waals surface area contributed by atoms with Gasteiger partial charge in [-0.1, -0.05) is 12.1 Å². The van der Waals surface area contributed by atoms with E-state index in [1.54, 1.807) is 32.9 Å². The van der Waals surface area contributed by atoms with Gasteiger partial charge in [0.2, 0.25) is 0 Å². The first-order valence-corrected chi connectivity index (χ1v) is 6.53. The third-order valence-corrected chi connectivity index (χ3v) is 3.10. The molecule has 1 aromatic rings. The summed E-state index contributed by atoms with van der Waals surface area (Å²) in [7, 11) is 0. The summed E-state index contributed by atoms with van der Waals surface area (Å²) < 4.78 is 0. The van der Waals surface area contributed by atoms with Crippen LogP contribution in [0.15, 0.2) is 24.3 Å². The molecule has 1 atom stereocenters. The van der Waals surface area contributed by atoms with Crippen LogP contribution in [-0.4, -0.2) is 44.3 Å². The van der Waals surface area contributed by atoms with Crippen LogP contribution in [-0.2, 0) is 6.42 Å². The Morgan fingerprint density at radius 3 is 2.48 bits per heavy atom. The van der Waals surface area contributed by atoms with Crippen LogP contribution in [0.3, 0.4) is 0 Å². The maximum atomic E-state index is 11.4. The fourth-order valence-corrected chi connectivity index (χ4v) is 2.30. The van der Waals surface area contributed by atoms with Gasteiger partial charge in [0.15, 0.2) is 0 Å². The van der Waals surface area contributed by atoms with E-state index in [4.69, 9.17) is 0 Å². The molecule has 1 rings (SSSR count). The predicted molar refractivity (Wildman–Crippen MR) is 77.3 cm³/mol. The molecule has 0 radical (unpaired) electrons. The zero-order valence-electron chi connectivity index (χ0n) is 12.3. The van der Waals surface area contributed by atoms with Gasteiger partial charge in [-0.05, 0) is 32.8 Å². The summed E-state index contributed by atoms with van der Waals surface area (Å²) >= 11 is 0. The molecule has 0 saturated carbocycles. The quantitative estimate of drug-likeness (QED) is 0.640. The number of amides is 1. The highest BCUT2D eigenvalue weighted by Crippen LogP contribution is 2.21. The number of nitro groups is 1. The molecular weight excluding hydrogens is 276 g/mol. The molecule has 7 heteroatoms. The minimum atomic E-state index is -1.13. The fourth-order valence-electron chi connectivity index (χ4n) is 2.30. The Morgan fingerprint density at radius 2 is 2.05 bits per heavy atom. The van der Waals surface area contributed by atoms with Crippen molar-refractivity contribution in [3.8, 4) is 0 Å². The predicted octanol–water partition coefficient (Wildman–Crippen LogP) is 2.28. The van der Waals surface area contributed by atoms with Gasteiger partial charge in [-0.15, -0.1) is 0 Å². The Morgan fingerprint density at radius 1 is 1.43 bits per heavy atom. The maximum absolute atomic E-state index is 11.4. The van der Waals surface area contributed by atoms with Crippen molar-refractivity contribution in [1.29, 1.82) is 0 Å². The molecular formula is C14H20N2O5. The molecule has 0 fully saturated rings.